The van der Waals surface area contributed by atoms with Crippen LogP contribution in [0.1, 0.15) is 31.9 Å². The molecule has 1 aliphatic heterocycles. The first-order chi connectivity index (χ1) is 10.1. The van der Waals surface area contributed by atoms with E-state index < -0.39 is 0 Å². The minimum Gasteiger partial charge on any atom is -0.362 e. The normalized spacial score (nSPS) is 19.2. The number of anilines is 1. The highest BCUT2D eigenvalue weighted by Gasteiger charge is 2.15. The summed E-state index contributed by atoms with van der Waals surface area (Å²) in [5.41, 5.74) is 0.988. The van der Waals surface area contributed by atoms with Crippen LogP contribution < -0.4 is 10.6 Å². The molecule has 1 aliphatic rings. The van der Waals surface area contributed by atoms with E-state index in [1.165, 1.54) is 25.9 Å². The minimum absolute atomic E-state index is 0.653. The highest BCUT2D eigenvalue weighted by Crippen LogP contribution is 2.15. The van der Waals surface area contributed by atoms with Crippen molar-refractivity contribution in [2.24, 2.45) is 5.92 Å². The molecule has 21 heavy (non-hydrogen) atoms. The molecule has 1 atom stereocenters. The van der Waals surface area contributed by atoms with Gasteiger partial charge in [0, 0.05) is 18.8 Å². The lowest BCUT2D eigenvalue weighted by Gasteiger charge is -2.30. The van der Waals surface area contributed by atoms with E-state index in [0.717, 1.165) is 36.9 Å². The molecule has 1 aromatic rings. The van der Waals surface area contributed by atoms with Gasteiger partial charge in [0.15, 0.2) is 5.11 Å². The molecule has 1 aromatic heterocycles. The second kappa shape index (κ2) is 8.29. The second-order valence-electron chi connectivity index (χ2n) is 5.95. The Morgan fingerprint density at radius 3 is 3.10 bits per heavy atom. The van der Waals surface area contributed by atoms with Crippen molar-refractivity contribution in [1.82, 2.24) is 15.2 Å². The van der Waals surface area contributed by atoms with Gasteiger partial charge >= 0.3 is 0 Å². The Hall–Kier alpha value is -1.20. The van der Waals surface area contributed by atoms with E-state index in [4.69, 9.17) is 12.2 Å². The van der Waals surface area contributed by atoms with Gasteiger partial charge in [-0.1, -0.05) is 13.0 Å². The van der Waals surface area contributed by atoms with Gasteiger partial charge in [0.1, 0.15) is 5.82 Å². The van der Waals surface area contributed by atoms with Crippen LogP contribution in [0, 0.1) is 12.8 Å². The lowest BCUT2D eigenvalue weighted by molar-refractivity contribution is 0.182. The summed E-state index contributed by atoms with van der Waals surface area (Å²) in [4.78, 5) is 6.94. The number of aromatic nitrogens is 1. The summed E-state index contributed by atoms with van der Waals surface area (Å²) in [6.45, 7) is 8.88. The zero-order chi connectivity index (χ0) is 15.1. The third-order valence-electron chi connectivity index (χ3n) is 3.81. The zero-order valence-electron chi connectivity index (χ0n) is 13.1. The van der Waals surface area contributed by atoms with Crippen LogP contribution in [-0.4, -0.2) is 41.2 Å². The van der Waals surface area contributed by atoms with Crippen LogP contribution in [0.15, 0.2) is 18.2 Å². The smallest absolute Gasteiger partial charge is 0.171 e. The number of thiocarbonyl (C=S) groups is 1. The summed E-state index contributed by atoms with van der Waals surface area (Å²) in [6, 6.07) is 5.88. The van der Waals surface area contributed by atoms with Gasteiger partial charge in [-0.25, -0.2) is 4.98 Å². The van der Waals surface area contributed by atoms with E-state index in [-0.39, 0.29) is 0 Å². The first kappa shape index (κ1) is 16.2. The van der Waals surface area contributed by atoms with Crippen molar-refractivity contribution in [2.45, 2.75) is 33.1 Å². The summed E-state index contributed by atoms with van der Waals surface area (Å²) in [5.74, 6) is 1.65. The maximum atomic E-state index is 5.29. The Labute approximate surface area is 133 Å². The Morgan fingerprint density at radius 2 is 2.33 bits per heavy atom. The van der Waals surface area contributed by atoms with E-state index in [0.29, 0.717) is 5.11 Å². The Balaban J connectivity index is 1.61. The molecule has 0 saturated carbocycles. The molecule has 0 unspecified atom stereocenters. The molecule has 2 N–H and O–H groups in total. The first-order valence-electron chi connectivity index (χ1n) is 7.84. The number of likely N-dealkylation sites (tertiary alicyclic amines) is 1. The van der Waals surface area contributed by atoms with Crippen LogP contribution in [0.25, 0.3) is 0 Å². The number of nitrogens with one attached hydrogen (secondary N) is 2. The fraction of sp³-hybridized carbons (Fsp3) is 0.625. The van der Waals surface area contributed by atoms with Gasteiger partial charge in [0.25, 0.3) is 0 Å². The molecular formula is C16H26N4S. The number of hydrogen-bond donors (Lipinski definition) is 2. The number of nitrogens with zero attached hydrogens (tertiary/aromatic N) is 2. The van der Waals surface area contributed by atoms with Gasteiger partial charge in [-0.3, -0.25) is 0 Å². The molecule has 2 rings (SSSR count). The third-order valence-corrected chi connectivity index (χ3v) is 4.05. The van der Waals surface area contributed by atoms with Crippen molar-refractivity contribution in [3.05, 3.63) is 23.9 Å². The van der Waals surface area contributed by atoms with Crippen LogP contribution in [0.3, 0.4) is 0 Å². The lowest BCUT2D eigenvalue weighted by Crippen LogP contribution is -2.37. The standard InChI is InChI=1S/C16H26N4S/c1-13-6-4-10-20(12-13)11-5-9-17-16(21)19-15-8-3-7-14(2)18-15/h3,7-8,13H,4-6,9-12H2,1-2H3,(H2,17,18,19,21)/t13-/m1/s1. The number of hydrogen-bond acceptors (Lipinski definition) is 3. The number of rotatable bonds is 5. The molecule has 4 nitrogen and oxygen atoms in total. The van der Waals surface area contributed by atoms with Gasteiger partial charge in [-0.15, -0.1) is 0 Å². The van der Waals surface area contributed by atoms with Crippen molar-refractivity contribution in [1.29, 1.82) is 0 Å². The van der Waals surface area contributed by atoms with E-state index >= 15 is 0 Å². The molecule has 0 bridgehead atoms. The van der Waals surface area contributed by atoms with Crippen molar-refractivity contribution in [3.63, 3.8) is 0 Å². The predicted molar refractivity (Wildman–Crippen MR) is 92.7 cm³/mol. The topological polar surface area (TPSA) is 40.2 Å². The summed E-state index contributed by atoms with van der Waals surface area (Å²) in [6.07, 6.45) is 3.84. The summed E-state index contributed by atoms with van der Waals surface area (Å²) in [7, 11) is 0. The Morgan fingerprint density at radius 1 is 1.48 bits per heavy atom. The maximum absolute atomic E-state index is 5.29. The monoisotopic (exact) mass is 306 g/mol. The first-order valence-corrected chi connectivity index (χ1v) is 8.25. The molecule has 2 heterocycles. The van der Waals surface area contributed by atoms with Gasteiger partial charge in [-0.05, 0) is 69.5 Å². The van der Waals surface area contributed by atoms with Crippen LogP contribution in [-0.2, 0) is 0 Å². The molecule has 116 valence electrons. The highest BCUT2D eigenvalue weighted by atomic mass is 32.1. The summed E-state index contributed by atoms with van der Waals surface area (Å²) in [5, 5.41) is 7.03. The van der Waals surface area contributed by atoms with Gasteiger partial charge < -0.3 is 15.5 Å². The molecule has 0 spiro atoms. The Bertz CT molecular complexity index is 463. The predicted octanol–water partition coefficient (Wildman–Crippen LogP) is 2.80. The van der Waals surface area contributed by atoms with Crippen molar-refractivity contribution in [3.8, 4) is 0 Å². The van der Waals surface area contributed by atoms with Crippen LogP contribution >= 0.6 is 12.2 Å². The van der Waals surface area contributed by atoms with E-state index in [1.54, 1.807) is 0 Å². The molecule has 0 aromatic carbocycles. The second-order valence-corrected chi connectivity index (χ2v) is 6.35. The van der Waals surface area contributed by atoms with Crippen LogP contribution in [0.4, 0.5) is 5.82 Å². The molecule has 1 fully saturated rings. The van der Waals surface area contributed by atoms with E-state index in [1.807, 2.05) is 25.1 Å². The summed E-state index contributed by atoms with van der Waals surface area (Å²) >= 11 is 5.29. The molecule has 5 heteroatoms. The van der Waals surface area contributed by atoms with Crippen molar-refractivity contribution >= 4 is 23.1 Å². The molecule has 0 radical (unpaired) electrons. The van der Waals surface area contributed by atoms with Crippen molar-refractivity contribution < 1.29 is 0 Å². The van der Waals surface area contributed by atoms with Crippen LogP contribution in [0.2, 0.25) is 0 Å². The average molecular weight is 306 g/mol. The summed E-state index contributed by atoms with van der Waals surface area (Å²) < 4.78 is 0. The molecular weight excluding hydrogens is 280 g/mol. The zero-order valence-corrected chi connectivity index (χ0v) is 13.9. The molecule has 0 amide bonds. The third kappa shape index (κ3) is 5.98. The average Bonchev–Trinajstić information content (AvgIpc) is 2.44. The fourth-order valence-corrected chi connectivity index (χ4v) is 2.97. The lowest BCUT2D eigenvalue weighted by atomic mass is 10.0. The largest absolute Gasteiger partial charge is 0.362 e. The van der Waals surface area contributed by atoms with Gasteiger partial charge in [0.2, 0.25) is 0 Å². The number of piperidine rings is 1. The molecule has 1 saturated heterocycles. The number of aryl methyl sites for hydroxylation is 1. The fourth-order valence-electron chi connectivity index (χ4n) is 2.77. The van der Waals surface area contributed by atoms with E-state index in [2.05, 4.69) is 27.4 Å². The van der Waals surface area contributed by atoms with Gasteiger partial charge in [-0.2, -0.15) is 0 Å². The quantitative estimate of drug-likeness (QED) is 0.646. The molecule has 0 aliphatic carbocycles. The maximum Gasteiger partial charge on any atom is 0.171 e. The minimum atomic E-state index is 0.653. The van der Waals surface area contributed by atoms with Crippen molar-refractivity contribution in [2.75, 3.05) is 31.5 Å². The Kier molecular flexibility index (Phi) is 6.39. The van der Waals surface area contributed by atoms with Crippen LogP contribution in [0.5, 0.6) is 0 Å². The van der Waals surface area contributed by atoms with Gasteiger partial charge in [0.05, 0.1) is 0 Å². The highest BCUT2D eigenvalue weighted by molar-refractivity contribution is 7.80. The number of pyridine rings is 1. The van der Waals surface area contributed by atoms with E-state index in [9.17, 15) is 0 Å². The SMILES string of the molecule is Cc1cccc(NC(=S)NCCCN2CCC[C@@H](C)C2)n1.